The Balaban J connectivity index is 2.41. The fourth-order valence-corrected chi connectivity index (χ4v) is 1.32. The van der Waals surface area contributed by atoms with Crippen molar-refractivity contribution in [3.05, 3.63) is 0 Å². The number of nitrogens with one attached hydrogen (secondary N) is 2. The van der Waals surface area contributed by atoms with Crippen LogP contribution in [0.3, 0.4) is 0 Å². The van der Waals surface area contributed by atoms with Crippen molar-refractivity contribution >= 4 is 17.7 Å². The third-order valence-corrected chi connectivity index (χ3v) is 2.05. The van der Waals surface area contributed by atoms with Gasteiger partial charge in [0.15, 0.2) is 0 Å². The van der Waals surface area contributed by atoms with Crippen molar-refractivity contribution in [2.75, 3.05) is 0 Å². The molecule has 1 heterocycles. The van der Waals surface area contributed by atoms with Crippen LogP contribution in [0.2, 0.25) is 0 Å². The van der Waals surface area contributed by atoms with Crippen LogP contribution in [0.4, 0.5) is 0 Å². The van der Waals surface area contributed by atoms with E-state index in [1.165, 1.54) is 0 Å². The zero-order chi connectivity index (χ0) is 10.6. The first-order chi connectivity index (χ1) is 6.63. The highest BCUT2D eigenvalue weighted by Crippen LogP contribution is 2.04. The van der Waals surface area contributed by atoms with E-state index in [0.29, 0.717) is 19.3 Å². The lowest BCUT2D eigenvalue weighted by Crippen LogP contribution is -2.52. The molecule has 1 fully saturated rings. The van der Waals surface area contributed by atoms with Gasteiger partial charge in [-0.15, -0.1) is 0 Å². The molecule has 0 bridgehead atoms. The van der Waals surface area contributed by atoms with E-state index in [2.05, 4.69) is 10.6 Å². The molecule has 78 valence electrons. The molecule has 1 atom stereocenters. The smallest absolute Gasteiger partial charge is 0.249 e. The molecular formula is C9H14N2O3. The van der Waals surface area contributed by atoms with Gasteiger partial charge in [0, 0.05) is 12.8 Å². The monoisotopic (exact) mass is 198 g/mol. The third kappa shape index (κ3) is 2.83. The summed E-state index contributed by atoms with van der Waals surface area (Å²) in [5, 5.41) is 4.77. The molecule has 1 rings (SSSR count). The van der Waals surface area contributed by atoms with Crippen molar-refractivity contribution in [1.29, 1.82) is 0 Å². The van der Waals surface area contributed by atoms with Crippen LogP contribution in [0.5, 0.6) is 0 Å². The maximum atomic E-state index is 11.2. The van der Waals surface area contributed by atoms with Gasteiger partial charge in [0.1, 0.15) is 6.04 Å². The number of amides is 3. The fraction of sp³-hybridized carbons (Fsp3) is 0.667. The van der Waals surface area contributed by atoms with Crippen molar-refractivity contribution < 1.29 is 14.4 Å². The standard InChI is InChI=1S/C9H14N2O3/c1-2-3-7(12)10-6-4-5-8(13)11-9(6)14/h6H,2-5H2,1H3,(H,10,12)(H,11,13,14). The predicted molar refractivity (Wildman–Crippen MR) is 49.2 cm³/mol. The van der Waals surface area contributed by atoms with E-state index in [9.17, 15) is 14.4 Å². The van der Waals surface area contributed by atoms with Gasteiger partial charge in [-0.2, -0.15) is 0 Å². The van der Waals surface area contributed by atoms with Gasteiger partial charge in [-0.05, 0) is 12.8 Å². The first-order valence-electron chi connectivity index (χ1n) is 4.76. The Morgan fingerprint density at radius 1 is 1.57 bits per heavy atom. The van der Waals surface area contributed by atoms with Gasteiger partial charge in [0.05, 0.1) is 0 Å². The van der Waals surface area contributed by atoms with Crippen LogP contribution in [0.1, 0.15) is 32.6 Å². The van der Waals surface area contributed by atoms with E-state index in [0.717, 1.165) is 6.42 Å². The van der Waals surface area contributed by atoms with E-state index in [-0.39, 0.29) is 11.8 Å². The number of imide groups is 1. The zero-order valence-electron chi connectivity index (χ0n) is 8.13. The zero-order valence-corrected chi connectivity index (χ0v) is 8.13. The number of hydrogen-bond donors (Lipinski definition) is 2. The highest BCUT2D eigenvalue weighted by Gasteiger charge is 2.27. The van der Waals surface area contributed by atoms with Crippen LogP contribution in [0.15, 0.2) is 0 Å². The van der Waals surface area contributed by atoms with Crippen LogP contribution >= 0.6 is 0 Å². The second-order valence-corrected chi connectivity index (χ2v) is 3.32. The van der Waals surface area contributed by atoms with Crippen molar-refractivity contribution in [1.82, 2.24) is 10.6 Å². The van der Waals surface area contributed by atoms with Crippen LogP contribution in [-0.4, -0.2) is 23.8 Å². The van der Waals surface area contributed by atoms with E-state index in [4.69, 9.17) is 0 Å². The number of carbonyl (C=O) groups is 3. The minimum Gasteiger partial charge on any atom is -0.344 e. The first-order valence-corrected chi connectivity index (χ1v) is 4.76. The van der Waals surface area contributed by atoms with E-state index in [1.807, 2.05) is 6.92 Å². The molecule has 1 aliphatic heterocycles. The number of piperidine rings is 1. The predicted octanol–water partition coefficient (Wildman–Crippen LogP) is -0.292. The molecule has 5 heteroatoms. The summed E-state index contributed by atoms with van der Waals surface area (Å²) in [7, 11) is 0. The molecule has 0 aromatic rings. The van der Waals surface area contributed by atoms with Gasteiger partial charge in [0.25, 0.3) is 0 Å². The van der Waals surface area contributed by atoms with Gasteiger partial charge in [-0.25, -0.2) is 0 Å². The maximum Gasteiger partial charge on any atom is 0.249 e. The average Bonchev–Trinajstić information content (AvgIpc) is 2.10. The van der Waals surface area contributed by atoms with Gasteiger partial charge in [0.2, 0.25) is 17.7 Å². The highest BCUT2D eigenvalue weighted by atomic mass is 16.2. The fourth-order valence-electron chi connectivity index (χ4n) is 1.32. The average molecular weight is 198 g/mol. The lowest BCUT2D eigenvalue weighted by atomic mass is 10.1. The van der Waals surface area contributed by atoms with Crippen LogP contribution in [-0.2, 0) is 14.4 Å². The van der Waals surface area contributed by atoms with E-state index in [1.54, 1.807) is 0 Å². The molecule has 0 saturated carbocycles. The number of hydrogen-bond acceptors (Lipinski definition) is 3. The lowest BCUT2D eigenvalue weighted by molar-refractivity contribution is -0.137. The summed E-state index contributed by atoms with van der Waals surface area (Å²) in [5.74, 6) is -0.802. The summed E-state index contributed by atoms with van der Waals surface area (Å²) >= 11 is 0. The highest BCUT2D eigenvalue weighted by molar-refractivity contribution is 6.01. The molecule has 3 amide bonds. The Labute approximate surface area is 82.2 Å². The molecule has 1 unspecified atom stereocenters. The molecule has 14 heavy (non-hydrogen) atoms. The lowest BCUT2D eigenvalue weighted by Gasteiger charge is -2.21. The minimum absolute atomic E-state index is 0.137. The Kier molecular flexibility index (Phi) is 3.62. The largest absolute Gasteiger partial charge is 0.344 e. The van der Waals surface area contributed by atoms with Crippen LogP contribution < -0.4 is 10.6 Å². The Morgan fingerprint density at radius 3 is 2.86 bits per heavy atom. The Hall–Kier alpha value is -1.39. The minimum atomic E-state index is -0.535. The summed E-state index contributed by atoms with van der Waals surface area (Å²) < 4.78 is 0. The summed E-state index contributed by atoms with van der Waals surface area (Å²) in [5.41, 5.74) is 0. The van der Waals surface area contributed by atoms with Gasteiger partial charge < -0.3 is 5.32 Å². The summed E-state index contributed by atoms with van der Waals surface area (Å²) in [6.45, 7) is 1.89. The van der Waals surface area contributed by atoms with Crippen molar-refractivity contribution in [3.8, 4) is 0 Å². The van der Waals surface area contributed by atoms with E-state index >= 15 is 0 Å². The number of carbonyl (C=O) groups excluding carboxylic acids is 3. The molecule has 0 radical (unpaired) electrons. The number of rotatable bonds is 3. The molecule has 1 saturated heterocycles. The Morgan fingerprint density at radius 2 is 2.29 bits per heavy atom. The molecular weight excluding hydrogens is 184 g/mol. The normalized spacial score (nSPS) is 21.6. The summed E-state index contributed by atoms with van der Waals surface area (Å²) in [4.78, 5) is 33.1. The molecule has 0 spiro atoms. The molecule has 0 aromatic carbocycles. The van der Waals surface area contributed by atoms with Crippen molar-refractivity contribution in [2.24, 2.45) is 0 Å². The quantitative estimate of drug-likeness (QED) is 0.612. The van der Waals surface area contributed by atoms with E-state index < -0.39 is 11.9 Å². The summed E-state index contributed by atoms with van der Waals surface area (Å²) in [6, 6.07) is -0.535. The maximum absolute atomic E-state index is 11.2. The second-order valence-electron chi connectivity index (χ2n) is 3.32. The molecule has 5 nitrogen and oxygen atoms in total. The van der Waals surface area contributed by atoms with Crippen molar-refractivity contribution in [2.45, 2.75) is 38.6 Å². The van der Waals surface area contributed by atoms with Crippen molar-refractivity contribution in [3.63, 3.8) is 0 Å². The Bertz CT molecular complexity index is 263. The van der Waals surface area contributed by atoms with Gasteiger partial charge in [-0.3, -0.25) is 19.7 Å². The topological polar surface area (TPSA) is 75.3 Å². The van der Waals surface area contributed by atoms with Gasteiger partial charge >= 0.3 is 0 Å². The SMILES string of the molecule is CCCC(=O)NC1CCC(=O)NC1=O. The van der Waals surface area contributed by atoms with Crippen LogP contribution in [0.25, 0.3) is 0 Å². The molecule has 1 aliphatic rings. The molecule has 0 aliphatic carbocycles. The van der Waals surface area contributed by atoms with Gasteiger partial charge in [-0.1, -0.05) is 6.92 Å². The second kappa shape index (κ2) is 4.74. The van der Waals surface area contributed by atoms with Crippen LogP contribution in [0, 0.1) is 0 Å². The molecule has 0 aromatic heterocycles. The first kappa shape index (κ1) is 10.7. The summed E-state index contributed by atoms with van der Waals surface area (Å²) in [6.07, 6.45) is 1.86. The third-order valence-electron chi connectivity index (χ3n) is 2.05. The molecule has 2 N–H and O–H groups in total.